The van der Waals surface area contributed by atoms with E-state index in [-0.39, 0.29) is 5.60 Å². The second-order valence-electron chi connectivity index (χ2n) is 6.04. The van der Waals surface area contributed by atoms with Crippen LogP contribution in [0, 0.1) is 23.7 Å². The molecule has 4 saturated carbocycles. The van der Waals surface area contributed by atoms with Crippen LogP contribution in [0.15, 0.2) is 0 Å². The summed E-state index contributed by atoms with van der Waals surface area (Å²) < 4.78 is 10.3. The first-order chi connectivity index (χ1) is 7.61. The molecule has 0 aliphatic heterocycles. The quantitative estimate of drug-likeness (QED) is 0.642. The molecule has 3 heteroatoms. The fourth-order valence-corrected chi connectivity index (χ4v) is 4.51. The molecule has 90 valence electrons. The fourth-order valence-electron chi connectivity index (χ4n) is 4.51. The SMILES string of the molecule is COC(=O)OC1(C)C2CC3CC(C2)CC1C3. The third kappa shape index (κ3) is 1.36. The third-order valence-corrected chi connectivity index (χ3v) is 5.23. The summed E-state index contributed by atoms with van der Waals surface area (Å²) in [7, 11) is 1.39. The van der Waals surface area contributed by atoms with Crippen molar-refractivity contribution in [2.24, 2.45) is 23.7 Å². The van der Waals surface area contributed by atoms with Crippen LogP contribution in [-0.2, 0) is 9.47 Å². The zero-order valence-corrected chi connectivity index (χ0v) is 10.1. The van der Waals surface area contributed by atoms with Gasteiger partial charge in [-0.3, -0.25) is 0 Å². The molecule has 0 N–H and O–H groups in total. The average molecular weight is 224 g/mol. The standard InChI is InChI=1S/C13H20O3/c1-13(16-12(14)15-2)10-4-8-3-9(6-10)7-11(13)5-8/h8-11H,3-7H2,1-2H3. The summed E-state index contributed by atoms with van der Waals surface area (Å²) in [4.78, 5) is 11.4. The molecule has 0 aromatic rings. The first kappa shape index (κ1) is 10.4. The molecule has 16 heavy (non-hydrogen) atoms. The summed E-state index contributed by atoms with van der Waals surface area (Å²) >= 11 is 0. The van der Waals surface area contributed by atoms with Gasteiger partial charge in [0.05, 0.1) is 7.11 Å². The van der Waals surface area contributed by atoms with E-state index in [1.807, 2.05) is 0 Å². The van der Waals surface area contributed by atoms with Crippen molar-refractivity contribution in [2.45, 2.75) is 44.6 Å². The number of rotatable bonds is 1. The van der Waals surface area contributed by atoms with Crippen molar-refractivity contribution < 1.29 is 14.3 Å². The highest BCUT2D eigenvalue weighted by molar-refractivity contribution is 5.60. The maximum absolute atomic E-state index is 11.4. The highest BCUT2D eigenvalue weighted by Crippen LogP contribution is 2.59. The molecule has 4 aliphatic carbocycles. The number of hydrogen-bond donors (Lipinski definition) is 0. The van der Waals surface area contributed by atoms with E-state index in [2.05, 4.69) is 11.7 Å². The van der Waals surface area contributed by atoms with Gasteiger partial charge in [0.25, 0.3) is 0 Å². The van der Waals surface area contributed by atoms with E-state index in [1.54, 1.807) is 0 Å². The Labute approximate surface area is 96.5 Å². The van der Waals surface area contributed by atoms with Crippen LogP contribution in [0.4, 0.5) is 4.79 Å². The Bertz CT molecular complexity index is 282. The summed E-state index contributed by atoms with van der Waals surface area (Å²) in [6.45, 7) is 2.12. The van der Waals surface area contributed by atoms with Crippen LogP contribution in [0.3, 0.4) is 0 Å². The zero-order valence-electron chi connectivity index (χ0n) is 10.1. The van der Waals surface area contributed by atoms with E-state index in [1.165, 1.54) is 39.2 Å². The van der Waals surface area contributed by atoms with Gasteiger partial charge in [-0.05, 0) is 62.7 Å². The summed E-state index contributed by atoms with van der Waals surface area (Å²) in [5, 5.41) is 0. The fraction of sp³-hybridized carbons (Fsp3) is 0.923. The number of ether oxygens (including phenoxy) is 2. The van der Waals surface area contributed by atoms with E-state index >= 15 is 0 Å². The van der Waals surface area contributed by atoms with Crippen molar-refractivity contribution >= 4 is 6.16 Å². The monoisotopic (exact) mass is 224 g/mol. The smallest absolute Gasteiger partial charge is 0.438 e. The van der Waals surface area contributed by atoms with Gasteiger partial charge < -0.3 is 9.47 Å². The third-order valence-electron chi connectivity index (χ3n) is 5.23. The Kier molecular flexibility index (Phi) is 2.20. The van der Waals surface area contributed by atoms with E-state index in [0.717, 1.165) is 11.8 Å². The van der Waals surface area contributed by atoms with Crippen molar-refractivity contribution in [3.63, 3.8) is 0 Å². The highest BCUT2D eigenvalue weighted by atomic mass is 16.7. The summed E-state index contributed by atoms with van der Waals surface area (Å²) in [5.41, 5.74) is -0.249. The van der Waals surface area contributed by atoms with Crippen molar-refractivity contribution in [3.05, 3.63) is 0 Å². The lowest BCUT2D eigenvalue weighted by atomic mass is 9.50. The Morgan fingerprint density at radius 2 is 1.56 bits per heavy atom. The first-order valence-corrected chi connectivity index (χ1v) is 6.38. The predicted molar refractivity (Wildman–Crippen MR) is 58.9 cm³/mol. The van der Waals surface area contributed by atoms with Crippen LogP contribution in [0.1, 0.15) is 39.0 Å². The summed E-state index contributed by atoms with van der Waals surface area (Å²) in [6.07, 6.45) is 5.92. The maximum Gasteiger partial charge on any atom is 0.508 e. The van der Waals surface area contributed by atoms with E-state index in [9.17, 15) is 4.79 Å². The van der Waals surface area contributed by atoms with Gasteiger partial charge in [0, 0.05) is 0 Å². The molecule has 0 atom stereocenters. The summed E-state index contributed by atoms with van der Waals surface area (Å²) in [6, 6.07) is 0. The van der Waals surface area contributed by atoms with Gasteiger partial charge in [0.15, 0.2) is 0 Å². The molecule has 4 aliphatic rings. The lowest BCUT2D eigenvalue weighted by Crippen LogP contribution is -2.57. The van der Waals surface area contributed by atoms with E-state index < -0.39 is 6.16 Å². The molecule has 0 heterocycles. The van der Waals surface area contributed by atoms with E-state index in [4.69, 9.17) is 4.74 Å². The van der Waals surface area contributed by atoms with Gasteiger partial charge in [0.2, 0.25) is 0 Å². The van der Waals surface area contributed by atoms with Crippen LogP contribution in [0.25, 0.3) is 0 Å². The number of methoxy groups -OCH3 is 1. The average Bonchev–Trinajstić information content (AvgIpc) is 2.25. The molecule has 3 nitrogen and oxygen atoms in total. The molecule has 0 aromatic carbocycles. The van der Waals surface area contributed by atoms with Gasteiger partial charge in [-0.25, -0.2) is 4.79 Å². The van der Waals surface area contributed by atoms with Gasteiger partial charge in [-0.2, -0.15) is 0 Å². The molecule has 0 amide bonds. The second kappa shape index (κ2) is 3.38. The Hall–Kier alpha value is -0.730. The van der Waals surface area contributed by atoms with Crippen LogP contribution in [-0.4, -0.2) is 18.9 Å². The molecule has 0 aromatic heterocycles. The van der Waals surface area contributed by atoms with Crippen molar-refractivity contribution in [3.8, 4) is 0 Å². The molecular weight excluding hydrogens is 204 g/mol. The molecule has 4 bridgehead atoms. The minimum Gasteiger partial charge on any atom is -0.438 e. The first-order valence-electron chi connectivity index (χ1n) is 6.38. The predicted octanol–water partition coefficient (Wildman–Crippen LogP) is 2.98. The minimum atomic E-state index is -0.505. The lowest BCUT2D eigenvalue weighted by Gasteiger charge is -2.58. The molecule has 0 spiro atoms. The zero-order chi connectivity index (χ0) is 11.3. The normalized spacial score (nSPS) is 49.1. The molecule has 4 fully saturated rings. The number of carbonyl (C=O) groups is 1. The second-order valence-corrected chi connectivity index (χ2v) is 6.04. The molecule has 0 unspecified atom stereocenters. The Balaban J connectivity index is 1.82. The van der Waals surface area contributed by atoms with Crippen molar-refractivity contribution in [2.75, 3.05) is 7.11 Å². The van der Waals surface area contributed by atoms with Gasteiger partial charge in [0.1, 0.15) is 5.60 Å². The lowest BCUT2D eigenvalue weighted by molar-refractivity contribution is -0.172. The van der Waals surface area contributed by atoms with Crippen LogP contribution < -0.4 is 0 Å². The highest BCUT2D eigenvalue weighted by Gasteiger charge is 2.57. The molecular formula is C13H20O3. The van der Waals surface area contributed by atoms with Gasteiger partial charge in [-0.1, -0.05) is 0 Å². The van der Waals surface area contributed by atoms with Crippen molar-refractivity contribution in [1.29, 1.82) is 0 Å². The van der Waals surface area contributed by atoms with Crippen LogP contribution in [0.2, 0.25) is 0 Å². The largest absolute Gasteiger partial charge is 0.508 e. The maximum atomic E-state index is 11.4. The van der Waals surface area contributed by atoms with Gasteiger partial charge >= 0.3 is 6.16 Å². The van der Waals surface area contributed by atoms with Crippen LogP contribution >= 0.6 is 0 Å². The minimum absolute atomic E-state index is 0.249. The topological polar surface area (TPSA) is 35.5 Å². The Morgan fingerprint density at radius 1 is 1.06 bits per heavy atom. The molecule has 0 saturated heterocycles. The number of hydrogen-bond acceptors (Lipinski definition) is 3. The molecule has 4 rings (SSSR count). The number of carbonyl (C=O) groups excluding carboxylic acids is 1. The van der Waals surface area contributed by atoms with Crippen molar-refractivity contribution in [1.82, 2.24) is 0 Å². The molecule has 0 radical (unpaired) electrons. The van der Waals surface area contributed by atoms with Crippen LogP contribution in [0.5, 0.6) is 0 Å². The van der Waals surface area contributed by atoms with Gasteiger partial charge in [-0.15, -0.1) is 0 Å². The summed E-state index contributed by atoms with van der Waals surface area (Å²) in [5.74, 6) is 2.94. The Morgan fingerprint density at radius 3 is 2.00 bits per heavy atom. The van der Waals surface area contributed by atoms with E-state index in [0.29, 0.717) is 11.8 Å².